The Bertz CT molecular complexity index is 531. The summed E-state index contributed by atoms with van der Waals surface area (Å²) in [4.78, 5) is 13.7. The van der Waals surface area contributed by atoms with Gasteiger partial charge in [0.15, 0.2) is 0 Å². The summed E-state index contributed by atoms with van der Waals surface area (Å²) in [5.41, 5.74) is -0.218. The van der Waals surface area contributed by atoms with Gasteiger partial charge in [0.25, 0.3) is 0 Å². The van der Waals surface area contributed by atoms with E-state index in [2.05, 4.69) is 0 Å². The number of nitrogens with zero attached hydrogens (tertiary/aromatic N) is 1. The highest BCUT2D eigenvalue weighted by Gasteiger charge is 2.38. The number of hydrogen-bond acceptors (Lipinski definition) is 3. The van der Waals surface area contributed by atoms with Crippen LogP contribution < -0.4 is 0 Å². The third-order valence-corrected chi connectivity index (χ3v) is 4.11. The van der Waals surface area contributed by atoms with Crippen molar-refractivity contribution in [2.24, 2.45) is 0 Å². The van der Waals surface area contributed by atoms with Gasteiger partial charge in [-0.1, -0.05) is 12.1 Å². The lowest BCUT2D eigenvalue weighted by Gasteiger charge is -2.41. The van der Waals surface area contributed by atoms with Gasteiger partial charge in [0.1, 0.15) is 11.4 Å². The van der Waals surface area contributed by atoms with Crippen molar-refractivity contribution in [2.75, 3.05) is 19.7 Å². The van der Waals surface area contributed by atoms with Crippen LogP contribution in [0.1, 0.15) is 39.2 Å². The predicted octanol–water partition coefficient (Wildman–Crippen LogP) is 3.09. The fourth-order valence-electron chi connectivity index (χ4n) is 2.80. The number of aliphatic hydroxyl groups excluding tert-OH is 1. The van der Waals surface area contributed by atoms with E-state index in [1.807, 2.05) is 26.8 Å². The molecule has 0 radical (unpaired) electrons. The second-order valence-corrected chi connectivity index (χ2v) is 6.92. The zero-order chi connectivity index (χ0) is 16.4. The average Bonchev–Trinajstić information content (AvgIpc) is 2.45. The molecule has 1 aromatic rings. The summed E-state index contributed by atoms with van der Waals surface area (Å²) in [6, 6.07) is 6.36. The first kappa shape index (κ1) is 16.7. The first-order valence-electron chi connectivity index (χ1n) is 7.61. The van der Waals surface area contributed by atoms with E-state index in [-0.39, 0.29) is 18.5 Å². The molecule has 22 heavy (non-hydrogen) atoms. The van der Waals surface area contributed by atoms with Crippen LogP contribution in [0.15, 0.2) is 24.3 Å². The molecule has 4 nitrogen and oxygen atoms in total. The van der Waals surface area contributed by atoms with E-state index in [9.17, 15) is 14.3 Å². The number of likely N-dealkylation sites (tertiary alicyclic amines) is 1. The summed E-state index contributed by atoms with van der Waals surface area (Å²) in [6.45, 7) is 6.43. The molecule has 1 saturated heterocycles. The van der Waals surface area contributed by atoms with E-state index in [0.717, 1.165) is 5.56 Å². The molecule has 2 rings (SSSR count). The number of piperidine rings is 1. The molecule has 1 N–H and O–H groups in total. The minimum absolute atomic E-state index is 0.0569. The van der Waals surface area contributed by atoms with E-state index in [0.29, 0.717) is 25.9 Å². The predicted molar refractivity (Wildman–Crippen MR) is 82.2 cm³/mol. The second kappa shape index (κ2) is 6.24. The summed E-state index contributed by atoms with van der Waals surface area (Å²) in [7, 11) is 0. The molecule has 0 aliphatic carbocycles. The van der Waals surface area contributed by atoms with Crippen LogP contribution in [0.5, 0.6) is 0 Å². The molecule has 1 aliphatic rings. The molecule has 1 fully saturated rings. The Labute approximate surface area is 130 Å². The quantitative estimate of drug-likeness (QED) is 0.913. The van der Waals surface area contributed by atoms with Crippen LogP contribution in [0.2, 0.25) is 0 Å². The Morgan fingerprint density at radius 3 is 2.50 bits per heavy atom. The molecule has 0 unspecified atom stereocenters. The molecular formula is C17H24FNO3. The van der Waals surface area contributed by atoms with Crippen LogP contribution >= 0.6 is 0 Å². The largest absolute Gasteiger partial charge is 0.444 e. The molecule has 0 atom stereocenters. The summed E-state index contributed by atoms with van der Waals surface area (Å²) in [5, 5.41) is 9.84. The Kier molecular flexibility index (Phi) is 4.75. The van der Waals surface area contributed by atoms with Gasteiger partial charge >= 0.3 is 6.09 Å². The summed E-state index contributed by atoms with van der Waals surface area (Å²) >= 11 is 0. The summed E-state index contributed by atoms with van der Waals surface area (Å²) < 4.78 is 18.8. The summed E-state index contributed by atoms with van der Waals surface area (Å²) in [6.07, 6.45) is 0.844. The SMILES string of the molecule is CC(C)(C)OC(=O)N1CCC(CO)(c2cccc(F)c2)CC1. The fraction of sp³-hybridized carbons (Fsp3) is 0.588. The molecule has 1 amide bonds. The molecule has 122 valence electrons. The first-order valence-corrected chi connectivity index (χ1v) is 7.61. The minimum atomic E-state index is -0.523. The average molecular weight is 309 g/mol. The van der Waals surface area contributed by atoms with Gasteiger partial charge in [-0.3, -0.25) is 0 Å². The van der Waals surface area contributed by atoms with Crippen molar-refractivity contribution in [3.63, 3.8) is 0 Å². The molecular weight excluding hydrogens is 285 g/mol. The summed E-state index contributed by atoms with van der Waals surface area (Å²) in [5.74, 6) is -0.306. The first-order chi connectivity index (χ1) is 10.3. The van der Waals surface area contributed by atoms with E-state index in [1.165, 1.54) is 12.1 Å². The van der Waals surface area contributed by atoms with Crippen molar-refractivity contribution in [1.82, 2.24) is 4.90 Å². The molecule has 1 aliphatic heterocycles. The second-order valence-electron chi connectivity index (χ2n) is 6.92. The van der Waals surface area contributed by atoms with Crippen LogP contribution in [0, 0.1) is 5.82 Å². The molecule has 5 heteroatoms. The van der Waals surface area contributed by atoms with Crippen molar-refractivity contribution in [3.05, 3.63) is 35.6 Å². The zero-order valence-electron chi connectivity index (χ0n) is 13.4. The third kappa shape index (κ3) is 3.77. The van der Waals surface area contributed by atoms with Gasteiger partial charge < -0.3 is 14.7 Å². The molecule has 0 saturated carbocycles. The number of rotatable bonds is 2. The smallest absolute Gasteiger partial charge is 0.410 e. The lowest BCUT2D eigenvalue weighted by atomic mass is 9.73. The van der Waals surface area contributed by atoms with E-state index >= 15 is 0 Å². The maximum atomic E-state index is 13.5. The number of amides is 1. The van der Waals surface area contributed by atoms with Gasteiger partial charge in [-0.15, -0.1) is 0 Å². The van der Waals surface area contributed by atoms with Crippen LogP contribution in [-0.2, 0) is 10.2 Å². The number of carbonyl (C=O) groups excluding carboxylic acids is 1. The van der Waals surface area contributed by atoms with Crippen molar-refractivity contribution < 1.29 is 19.0 Å². The van der Waals surface area contributed by atoms with Gasteiger partial charge in [-0.2, -0.15) is 0 Å². The fourth-order valence-corrected chi connectivity index (χ4v) is 2.80. The van der Waals surface area contributed by atoms with Crippen LogP contribution in [0.4, 0.5) is 9.18 Å². The maximum Gasteiger partial charge on any atom is 0.410 e. The van der Waals surface area contributed by atoms with Crippen molar-refractivity contribution in [1.29, 1.82) is 0 Å². The lowest BCUT2D eigenvalue weighted by Crippen LogP contribution is -2.48. The number of benzene rings is 1. The van der Waals surface area contributed by atoms with Crippen molar-refractivity contribution in [3.8, 4) is 0 Å². The van der Waals surface area contributed by atoms with Crippen LogP contribution in [0.25, 0.3) is 0 Å². The Morgan fingerprint density at radius 2 is 2.00 bits per heavy atom. The Hall–Kier alpha value is -1.62. The van der Waals surface area contributed by atoms with Gasteiger partial charge in [0.2, 0.25) is 0 Å². The number of ether oxygens (including phenoxy) is 1. The lowest BCUT2D eigenvalue weighted by molar-refractivity contribution is 0.0123. The topological polar surface area (TPSA) is 49.8 Å². The number of halogens is 1. The number of aliphatic hydroxyl groups is 1. The third-order valence-electron chi connectivity index (χ3n) is 4.11. The molecule has 0 bridgehead atoms. The normalized spacial score (nSPS) is 18.1. The highest BCUT2D eigenvalue weighted by molar-refractivity contribution is 5.68. The number of carbonyl (C=O) groups is 1. The molecule has 1 heterocycles. The highest BCUT2D eigenvalue weighted by atomic mass is 19.1. The van der Waals surface area contributed by atoms with E-state index in [4.69, 9.17) is 4.74 Å². The van der Waals surface area contributed by atoms with Gasteiger partial charge in [0.05, 0.1) is 6.61 Å². The standard InChI is InChI=1S/C17H24FNO3/c1-16(2,3)22-15(21)19-9-7-17(12-20,8-10-19)13-5-4-6-14(18)11-13/h4-6,11,20H,7-10,12H2,1-3H3. The minimum Gasteiger partial charge on any atom is -0.444 e. The highest BCUT2D eigenvalue weighted by Crippen LogP contribution is 2.35. The monoisotopic (exact) mass is 309 g/mol. The molecule has 0 spiro atoms. The van der Waals surface area contributed by atoms with Crippen molar-refractivity contribution >= 4 is 6.09 Å². The van der Waals surface area contributed by atoms with Crippen LogP contribution in [-0.4, -0.2) is 41.4 Å². The Balaban J connectivity index is 2.07. The van der Waals surface area contributed by atoms with Gasteiger partial charge in [-0.25, -0.2) is 9.18 Å². The number of hydrogen-bond donors (Lipinski definition) is 1. The Morgan fingerprint density at radius 1 is 1.36 bits per heavy atom. The van der Waals surface area contributed by atoms with Crippen LogP contribution in [0.3, 0.4) is 0 Å². The van der Waals surface area contributed by atoms with Gasteiger partial charge in [0, 0.05) is 18.5 Å². The van der Waals surface area contributed by atoms with E-state index < -0.39 is 11.0 Å². The zero-order valence-corrected chi connectivity index (χ0v) is 13.4. The van der Waals surface area contributed by atoms with Crippen molar-refractivity contribution in [2.45, 2.75) is 44.6 Å². The molecule has 1 aromatic carbocycles. The maximum absolute atomic E-state index is 13.5. The molecule has 0 aromatic heterocycles. The van der Waals surface area contributed by atoms with Gasteiger partial charge in [-0.05, 0) is 51.3 Å². The van der Waals surface area contributed by atoms with E-state index in [1.54, 1.807) is 11.0 Å².